The van der Waals surface area contributed by atoms with Crippen LogP contribution in [0.5, 0.6) is 5.75 Å². The zero-order valence-corrected chi connectivity index (χ0v) is 41.0. The summed E-state index contributed by atoms with van der Waals surface area (Å²) in [5.41, 5.74) is 8.40. The first-order valence-corrected chi connectivity index (χ1v) is 24.2. The molecular formula is C52H68N8O8. The van der Waals surface area contributed by atoms with E-state index >= 15 is 0 Å². The Bertz CT molecular complexity index is 2600. The molecule has 1 unspecified atom stereocenters. The van der Waals surface area contributed by atoms with Crippen molar-refractivity contribution in [2.75, 3.05) is 40.4 Å². The Morgan fingerprint density at radius 1 is 1.04 bits per heavy atom. The van der Waals surface area contributed by atoms with Crippen LogP contribution in [0, 0.1) is 11.3 Å². The molecule has 0 radical (unpaired) electrons. The van der Waals surface area contributed by atoms with Gasteiger partial charge in [-0.25, -0.2) is 5.43 Å². The SMILES string of the molecule is CCn1c(-c2cccnc2[C@H](C)OC)c2c3cc(ccc31)-c1cc(O)cc(c1)C[C@H](NC(=O)C(C(C)C)N(C)C(=O)[C@@]1(C)CCCN1C(=O)[C@H]1CN1)C(=O)N1CCC[C@H](N1)C(=O)OCC(C)(C)C2. The first-order valence-electron chi connectivity index (χ1n) is 24.2. The van der Waals surface area contributed by atoms with Crippen LogP contribution < -0.4 is 16.1 Å². The number of carbonyl (C=O) groups excluding carboxylic acids is 5. The van der Waals surface area contributed by atoms with Crippen molar-refractivity contribution in [1.82, 2.24) is 40.4 Å². The maximum absolute atomic E-state index is 14.8. The zero-order chi connectivity index (χ0) is 48.8. The average molecular weight is 933 g/mol. The van der Waals surface area contributed by atoms with Crippen molar-refractivity contribution in [3.63, 3.8) is 0 Å². The highest BCUT2D eigenvalue weighted by Crippen LogP contribution is 2.42. The number of nitrogens with zero attached hydrogens (tertiary/aromatic N) is 5. The van der Waals surface area contributed by atoms with Crippen molar-refractivity contribution in [3.05, 3.63) is 71.5 Å². The van der Waals surface area contributed by atoms with Crippen LogP contribution in [0.1, 0.15) is 97.1 Å². The van der Waals surface area contributed by atoms with Gasteiger partial charge in [0.25, 0.3) is 5.91 Å². The van der Waals surface area contributed by atoms with Crippen molar-refractivity contribution in [3.8, 4) is 28.1 Å². The molecule has 6 heterocycles. The smallest absolute Gasteiger partial charge is 0.324 e. The van der Waals surface area contributed by atoms with E-state index in [-0.39, 0.29) is 55.2 Å². The lowest BCUT2D eigenvalue weighted by Crippen LogP contribution is -2.64. The molecule has 0 aliphatic carbocycles. The first-order chi connectivity index (χ1) is 32.3. The summed E-state index contributed by atoms with van der Waals surface area (Å²) >= 11 is 0. The number of benzene rings is 2. The van der Waals surface area contributed by atoms with Gasteiger partial charge in [-0.15, -0.1) is 0 Å². The summed E-state index contributed by atoms with van der Waals surface area (Å²) in [6.45, 7) is 15.8. The summed E-state index contributed by atoms with van der Waals surface area (Å²) in [5.74, 6) is -2.36. The molecule has 3 fully saturated rings. The summed E-state index contributed by atoms with van der Waals surface area (Å²) in [6.07, 6.45) is 4.07. The van der Waals surface area contributed by atoms with Crippen molar-refractivity contribution in [2.45, 2.75) is 129 Å². The molecule has 2 aromatic carbocycles. The molecule has 4 N–H and O–H groups in total. The van der Waals surface area contributed by atoms with Crippen LogP contribution in [0.25, 0.3) is 33.3 Å². The maximum Gasteiger partial charge on any atom is 0.324 e. The summed E-state index contributed by atoms with van der Waals surface area (Å²) < 4.78 is 14.2. The quantitative estimate of drug-likeness (QED) is 0.119. The lowest BCUT2D eigenvalue weighted by atomic mass is 9.84. The highest BCUT2D eigenvalue weighted by Gasteiger charge is 2.51. The number of rotatable bonds is 10. The molecular weight excluding hydrogens is 865 g/mol. The number of aryl methyl sites for hydroxylation is 1. The van der Waals surface area contributed by atoms with E-state index in [9.17, 15) is 29.1 Å². The van der Waals surface area contributed by atoms with Gasteiger partial charge < -0.3 is 39.6 Å². The molecule has 0 spiro atoms. The van der Waals surface area contributed by atoms with Crippen LogP contribution >= 0.6 is 0 Å². The van der Waals surface area contributed by atoms with Gasteiger partial charge in [0.2, 0.25) is 17.7 Å². The molecule has 8 rings (SSSR count). The van der Waals surface area contributed by atoms with Crippen molar-refractivity contribution >= 4 is 40.5 Å². The number of phenolic OH excluding ortho intramolecular Hbond substituents is 1. The number of hydrazine groups is 1. The van der Waals surface area contributed by atoms with Gasteiger partial charge in [0.1, 0.15) is 29.4 Å². The molecule has 364 valence electrons. The number of hydrogen-bond acceptors (Lipinski definition) is 11. The number of likely N-dealkylation sites (tertiary alicyclic amines) is 1. The molecule has 3 saturated heterocycles. The predicted octanol–water partition coefficient (Wildman–Crippen LogP) is 5.29. The van der Waals surface area contributed by atoms with E-state index < -0.39 is 46.9 Å². The van der Waals surface area contributed by atoms with Gasteiger partial charge >= 0.3 is 5.97 Å². The third kappa shape index (κ3) is 9.46. The Morgan fingerprint density at radius 3 is 2.51 bits per heavy atom. The number of aromatic nitrogens is 2. The second-order valence-corrected chi connectivity index (χ2v) is 20.5. The number of nitrogens with one attached hydrogen (secondary N) is 3. The fourth-order valence-corrected chi connectivity index (χ4v) is 10.7. The van der Waals surface area contributed by atoms with E-state index in [4.69, 9.17) is 14.5 Å². The molecule has 68 heavy (non-hydrogen) atoms. The Kier molecular flexibility index (Phi) is 13.8. The Hall–Kier alpha value is -5.84. The van der Waals surface area contributed by atoms with E-state index in [2.05, 4.69) is 59.6 Å². The standard InChI is InChI=1S/C52H68N8O8/c1-10-58-42-17-16-33-26-37(42)38(45(58)36-14-11-19-53-43(36)31(4)67-9)27-51(5,6)29-68-49(65)39-15-12-21-60(56-39)48(64)40(24-32-22-34(33)25-35(61)23-32)55-46(62)44(30(2)3)57(8)50(66)52(7)18-13-20-59(52)47(63)41-28-54-41/h11,14,16-17,19,22-23,25-26,30-31,39-41,44,54,56,61H,10,12-13,15,18,20-21,24,27-29H2,1-9H3,(H,55,62)/t31-,39-,40-,41+,44?,52+/m0/s1. The van der Waals surface area contributed by atoms with Gasteiger partial charge in [0.05, 0.1) is 30.1 Å². The number of ether oxygens (including phenoxy) is 2. The highest BCUT2D eigenvalue weighted by molar-refractivity contribution is 5.98. The van der Waals surface area contributed by atoms with Gasteiger partial charge in [-0.3, -0.25) is 34.0 Å². The molecule has 6 atom stereocenters. The molecule has 16 nitrogen and oxygen atoms in total. The Balaban J connectivity index is 1.20. The number of pyridine rings is 1. The van der Waals surface area contributed by atoms with Gasteiger partial charge in [-0.2, -0.15) is 0 Å². The van der Waals surface area contributed by atoms with Crippen LogP contribution in [-0.2, 0) is 52.8 Å². The molecule has 6 bridgehead atoms. The summed E-state index contributed by atoms with van der Waals surface area (Å²) in [5, 5.41) is 19.8. The van der Waals surface area contributed by atoms with E-state index in [1.54, 1.807) is 44.3 Å². The Labute approximate surface area is 399 Å². The lowest BCUT2D eigenvalue weighted by Gasteiger charge is -2.41. The number of aromatic hydroxyl groups is 1. The number of amides is 4. The van der Waals surface area contributed by atoms with Crippen LogP contribution in [0.4, 0.5) is 0 Å². The minimum Gasteiger partial charge on any atom is -0.508 e. The lowest BCUT2D eigenvalue weighted by molar-refractivity contribution is -0.156. The van der Waals surface area contributed by atoms with Crippen molar-refractivity contribution < 1.29 is 38.6 Å². The van der Waals surface area contributed by atoms with Gasteiger partial charge in [0, 0.05) is 74.8 Å². The number of cyclic esters (lactones) is 1. The number of esters is 1. The topological polar surface area (TPSA) is 198 Å². The monoisotopic (exact) mass is 933 g/mol. The molecule has 2 aromatic heterocycles. The third-order valence-electron chi connectivity index (χ3n) is 14.4. The van der Waals surface area contributed by atoms with E-state index in [1.807, 2.05) is 39.0 Å². The minimum atomic E-state index is -1.18. The highest BCUT2D eigenvalue weighted by atomic mass is 16.5. The fraction of sp³-hybridized carbons (Fsp3) is 0.538. The van der Waals surface area contributed by atoms with Crippen LogP contribution in [-0.4, -0.2) is 129 Å². The number of likely N-dealkylation sites (N-methyl/N-ethyl adjacent to an activating group) is 1. The van der Waals surface area contributed by atoms with Crippen LogP contribution in [0.3, 0.4) is 0 Å². The fourth-order valence-electron chi connectivity index (χ4n) is 10.7. The third-order valence-corrected chi connectivity index (χ3v) is 14.4. The van der Waals surface area contributed by atoms with E-state index in [1.165, 1.54) is 9.91 Å². The van der Waals surface area contributed by atoms with Crippen LogP contribution in [0.2, 0.25) is 0 Å². The van der Waals surface area contributed by atoms with Crippen molar-refractivity contribution in [2.24, 2.45) is 11.3 Å². The first kappa shape index (κ1) is 48.6. The maximum atomic E-state index is 14.8. The molecule has 4 aliphatic rings. The van der Waals surface area contributed by atoms with Gasteiger partial charge in [0.15, 0.2) is 0 Å². The summed E-state index contributed by atoms with van der Waals surface area (Å²) in [4.78, 5) is 79.2. The molecule has 0 saturated carbocycles. The number of methoxy groups -OCH3 is 1. The predicted molar refractivity (Wildman–Crippen MR) is 258 cm³/mol. The molecule has 4 amide bonds. The summed E-state index contributed by atoms with van der Waals surface area (Å²) in [7, 11) is 3.26. The molecule has 4 aromatic rings. The average Bonchev–Trinajstić information content (AvgIpc) is 4.03. The second kappa shape index (κ2) is 19.3. The minimum absolute atomic E-state index is 0.0131. The normalized spacial score (nSPS) is 23.8. The van der Waals surface area contributed by atoms with E-state index in [0.717, 1.165) is 39.0 Å². The van der Waals surface area contributed by atoms with Gasteiger partial charge in [-0.1, -0.05) is 39.8 Å². The van der Waals surface area contributed by atoms with Gasteiger partial charge in [-0.05, 0) is 117 Å². The zero-order valence-electron chi connectivity index (χ0n) is 41.0. The Morgan fingerprint density at radius 2 is 1.81 bits per heavy atom. The van der Waals surface area contributed by atoms with Crippen LogP contribution in [0.15, 0.2) is 54.7 Å². The van der Waals surface area contributed by atoms with Crippen molar-refractivity contribution in [1.29, 1.82) is 0 Å². The summed E-state index contributed by atoms with van der Waals surface area (Å²) in [6, 6.07) is 12.2. The number of fused-ring (bicyclic) bond motifs is 6. The number of carbonyl (C=O) groups is 5. The number of phenols is 1. The molecule has 16 heteroatoms. The molecule has 4 aliphatic heterocycles. The second-order valence-electron chi connectivity index (χ2n) is 20.5. The number of hydrogen-bond donors (Lipinski definition) is 4. The van der Waals surface area contributed by atoms with E-state index in [0.29, 0.717) is 62.9 Å². The largest absolute Gasteiger partial charge is 0.508 e.